The summed E-state index contributed by atoms with van der Waals surface area (Å²) in [7, 11) is 0. The monoisotopic (exact) mass is 225 g/mol. The fraction of sp³-hybridized carbons (Fsp3) is 0.222. The van der Waals surface area contributed by atoms with E-state index < -0.39 is 0 Å². The maximum absolute atomic E-state index is 4.99. The molecular weight excluding hydrogens is 214 g/mol. The lowest BCUT2D eigenvalue weighted by atomic mass is 10.4. The van der Waals surface area contributed by atoms with Gasteiger partial charge in [0.15, 0.2) is 4.32 Å². The minimum atomic E-state index is 0.680. The first kappa shape index (κ1) is 11.1. The molecule has 1 N–H and O–H groups in total. The zero-order chi connectivity index (χ0) is 10.2. The molecule has 0 saturated heterocycles. The fourth-order valence-corrected chi connectivity index (χ4v) is 1.55. The van der Waals surface area contributed by atoms with Crippen molar-refractivity contribution in [3.8, 4) is 0 Å². The van der Waals surface area contributed by atoms with Gasteiger partial charge in [-0.2, -0.15) is 5.10 Å². The molecule has 3 nitrogen and oxygen atoms in total. The number of thiocarbonyl (C=S) groups is 1. The second-order valence-corrected chi connectivity index (χ2v) is 4.29. The smallest absolute Gasteiger partial charge is 0.154 e. The van der Waals surface area contributed by atoms with Gasteiger partial charge in [0.05, 0.1) is 11.9 Å². The normalized spacial score (nSPS) is 10.4. The Bertz CT molecular complexity index is 311. The van der Waals surface area contributed by atoms with Crippen LogP contribution in [-0.2, 0) is 0 Å². The van der Waals surface area contributed by atoms with Crippen molar-refractivity contribution in [2.45, 2.75) is 6.92 Å². The lowest BCUT2D eigenvalue weighted by Crippen LogP contribution is -2.11. The van der Waals surface area contributed by atoms with Crippen LogP contribution in [0.3, 0.4) is 0 Å². The van der Waals surface area contributed by atoms with Gasteiger partial charge in [-0.05, 0) is 17.9 Å². The van der Waals surface area contributed by atoms with Gasteiger partial charge < -0.3 is 0 Å². The first-order chi connectivity index (χ1) is 6.83. The highest BCUT2D eigenvalue weighted by Crippen LogP contribution is 1.99. The molecule has 1 heterocycles. The highest BCUT2D eigenvalue weighted by Gasteiger charge is 1.90. The summed E-state index contributed by atoms with van der Waals surface area (Å²) in [5.74, 6) is 0.949. The Morgan fingerprint density at radius 2 is 2.57 bits per heavy atom. The van der Waals surface area contributed by atoms with Crippen LogP contribution >= 0.6 is 24.0 Å². The number of hydrogen-bond donors (Lipinski definition) is 1. The summed E-state index contributed by atoms with van der Waals surface area (Å²) in [6.45, 7) is 2.04. The summed E-state index contributed by atoms with van der Waals surface area (Å²) in [4.78, 5) is 4.08. The molecule has 0 aliphatic rings. The molecule has 0 aromatic carbocycles. The number of aromatic nitrogens is 1. The average Bonchev–Trinajstić information content (AvgIpc) is 2.20. The van der Waals surface area contributed by atoms with Gasteiger partial charge in [-0.15, -0.1) is 0 Å². The number of pyridine rings is 1. The zero-order valence-electron chi connectivity index (χ0n) is 7.80. The molecule has 0 radical (unpaired) electrons. The van der Waals surface area contributed by atoms with Crippen LogP contribution in [0.25, 0.3) is 0 Å². The Morgan fingerprint density at radius 1 is 1.71 bits per heavy atom. The molecule has 0 fully saturated rings. The van der Waals surface area contributed by atoms with Gasteiger partial charge in [0.25, 0.3) is 0 Å². The van der Waals surface area contributed by atoms with Crippen LogP contribution in [0.4, 0.5) is 0 Å². The summed E-state index contributed by atoms with van der Waals surface area (Å²) in [6, 6.07) is 5.65. The Labute approximate surface area is 93.0 Å². The molecular formula is C9H11N3S2. The molecule has 0 atom stereocenters. The summed E-state index contributed by atoms with van der Waals surface area (Å²) in [5, 5.41) is 3.96. The first-order valence-corrected chi connectivity index (χ1v) is 5.59. The van der Waals surface area contributed by atoms with E-state index >= 15 is 0 Å². The Balaban J connectivity index is 2.38. The van der Waals surface area contributed by atoms with E-state index in [1.165, 1.54) is 0 Å². The van der Waals surface area contributed by atoms with Gasteiger partial charge in [0, 0.05) is 6.20 Å². The third-order valence-electron chi connectivity index (χ3n) is 1.32. The summed E-state index contributed by atoms with van der Waals surface area (Å²) < 4.78 is 0.680. The first-order valence-electron chi connectivity index (χ1n) is 4.19. The molecule has 0 aliphatic carbocycles. The molecule has 14 heavy (non-hydrogen) atoms. The average molecular weight is 225 g/mol. The van der Waals surface area contributed by atoms with Crippen LogP contribution in [0.1, 0.15) is 12.6 Å². The second-order valence-electron chi connectivity index (χ2n) is 2.35. The van der Waals surface area contributed by atoms with Crippen LogP contribution in [0, 0.1) is 0 Å². The minimum absolute atomic E-state index is 0.680. The molecule has 0 spiro atoms. The molecule has 0 bridgehead atoms. The van der Waals surface area contributed by atoms with Gasteiger partial charge in [-0.25, -0.2) is 0 Å². The van der Waals surface area contributed by atoms with Crippen LogP contribution in [0.2, 0.25) is 0 Å². The molecule has 1 rings (SSSR count). The van der Waals surface area contributed by atoms with E-state index in [9.17, 15) is 0 Å². The molecule has 5 heteroatoms. The standard InChI is InChI=1S/C9H11N3S2/c1-2-14-9(13)12-11-7-8-5-3-4-6-10-8/h3-7H,2H2,1H3,(H,12,13). The van der Waals surface area contributed by atoms with Crippen LogP contribution in [-0.4, -0.2) is 21.3 Å². The molecule has 0 aliphatic heterocycles. The van der Waals surface area contributed by atoms with Crippen molar-refractivity contribution in [3.63, 3.8) is 0 Å². The van der Waals surface area contributed by atoms with Crippen molar-refractivity contribution < 1.29 is 0 Å². The SMILES string of the molecule is CCSC(=S)NN=Cc1ccccn1. The number of hydrazone groups is 1. The third kappa shape index (κ3) is 4.34. The second kappa shape index (κ2) is 6.50. The van der Waals surface area contributed by atoms with E-state index in [-0.39, 0.29) is 0 Å². The highest BCUT2D eigenvalue weighted by atomic mass is 32.2. The van der Waals surface area contributed by atoms with Crippen molar-refractivity contribution >= 4 is 34.5 Å². The summed E-state index contributed by atoms with van der Waals surface area (Å²) >= 11 is 6.54. The van der Waals surface area contributed by atoms with Crippen LogP contribution in [0.15, 0.2) is 29.5 Å². The Morgan fingerprint density at radius 3 is 3.21 bits per heavy atom. The molecule has 0 saturated carbocycles. The predicted molar refractivity (Wildman–Crippen MR) is 65.7 cm³/mol. The van der Waals surface area contributed by atoms with Crippen molar-refractivity contribution in [1.82, 2.24) is 10.4 Å². The van der Waals surface area contributed by atoms with E-state index in [0.717, 1.165) is 11.4 Å². The predicted octanol–water partition coefficient (Wildman–Crippen LogP) is 2.04. The quantitative estimate of drug-likeness (QED) is 0.485. The minimum Gasteiger partial charge on any atom is -0.262 e. The number of rotatable bonds is 3. The maximum Gasteiger partial charge on any atom is 0.154 e. The molecule has 74 valence electrons. The van der Waals surface area contributed by atoms with Crippen LogP contribution < -0.4 is 5.43 Å². The fourth-order valence-electron chi connectivity index (χ4n) is 0.767. The summed E-state index contributed by atoms with van der Waals surface area (Å²) in [5.41, 5.74) is 3.57. The lowest BCUT2D eigenvalue weighted by Gasteiger charge is -1.98. The highest BCUT2D eigenvalue weighted by molar-refractivity contribution is 8.22. The molecule has 1 aromatic rings. The molecule has 0 amide bonds. The van der Waals surface area contributed by atoms with Gasteiger partial charge >= 0.3 is 0 Å². The van der Waals surface area contributed by atoms with Crippen molar-refractivity contribution in [1.29, 1.82) is 0 Å². The Hall–Kier alpha value is -0.940. The van der Waals surface area contributed by atoms with E-state index in [0.29, 0.717) is 4.32 Å². The number of nitrogens with zero attached hydrogens (tertiary/aromatic N) is 2. The van der Waals surface area contributed by atoms with Crippen molar-refractivity contribution in [2.24, 2.45) is 5.10 Å². The number of thioether (sulfide) groups is 1. The van der Waals surface area contributed by atoms with Gasteiger partial charge in [0.2, 0.25) is 0 Å². The number of hydrogen-bond acceptors (Lipinski definition) is 4. The molecule has 1 aromatic heterocycles. The van der Waals surface area contributed by atoms with Gasteiger partial charge in [-0.1, -0.05) is 37.0 Å². The third-order valence-corrected chi connectivity index (χ3v) is 2.40. The molecule has 0 unspecified atom stereocenters. The maximum atomic E-state index is 4.99. The van der Waals surface area contributed by atoms with E-state index in [2.05, 4.69) is 15.5 Å². The van der Waals surface area contributed by atoms with Gasteiger partial charge in [0.1, 0.15) is 0 Å². The van der Waals surface area contributed by atoms with Crippen LogP contribution in [0.5, 0.6) is 0 Å². The van der Waals surface area contributed by atoms with E-state index in [1.54, 1.807) is 24.2 Å². The zero-order valence-corrected chi connectivity index (χ0v) is 9.44. The Kier molecular flexibility index (Phi) is 5.17. The largest absolute Gasteiger partial charge is 0.262 e. The lowest BCUT2D eigenvalue weighted by molar-refractivity contribution is 1.07. The van der Waals surface area contributed by atoms with Gasteiger partial charge in [-0.3, -0.25) is 10.4 Å². The van der Waals surface area contributed by atoms with E-state index in [1.807, 2.05) is 25.1 Å². The van der Waals surface area contributed by atoms with Crippen molar-refractivity contribution in [3.05, 3.63) is 30.1 Å². The van der Waals surface area contributed by atoms with E-state index in [4.69, 9.17) is 12.2 Å². The summed E-state index contributed by atoms with van der Waals surface area (Å²) in [6.07, 6.45) is 3.36. The topological polar surface area (TPSA) is 37.3 Å². The van der Waals surface area contributed by atoms with Crippen molar-refractivity contribution in [2.75, 3.05) is 5.75 Å². The number of nitrogens with one attached hydrogen (secondary N) is 1.